The summed E-state index contributed by atoms with van der Waals surface area (Å²) in [6.07, 6.45) is 5.73. The molecule has 4 aliphatic rings. The molecule has 49 heavy (non-hydrogen) atoms. The number of hydrogen-bond donors (Lipinski definition) is 1. The van der Waals surface area contributed by atoms with Gasteiger partial charge < -0.3 is 5.32 Å². The molecule has 2 saturated carbocycles. The van der Waals surface area contributed by atoms with Crippen molar-refractivity contribution in [2.45, 2.75) is 22.6 Å². The maximum atomic E-state index is 12.8. The third kappa shape index (κ3) is 8.65. The van der Waals surface area contributed by atoms with E-state index in [-0.39, 0.29) is 15.2 Å². The summed E-state index contributed by atoms with van der Waals surface area (Å²) in [4.78, 5) is 8.65. The van der Waals surface area contributed by atoms with Crippen LogP contribution in [0.5, 0.6) is 0 Å². The van der Waals surface area contributed by atoms with Crippen LogP contribution in [-0.2, 0) is 19.1 Å². The second-order valence-electron chi connectivity index (χ2n) is 12.3. The molecule has 0 amide bonds. The molecule has 4 heterocycles. The molecule has 4 atom stereocenters. The van der Waals surface area contributed by atoms with E-state index in [1.165, 1.54) is 35.0 Å². The lowest BCUT2D eigenvalue weighted by atomic mass is 10.1. The number of halogens is 3. The largest absolute Gasteiger partial charge is 0.315 e. The summed E-state index contributed by atoms with van der Waals surface area (Å²) in [6, 6.07) is 23.6. The first-order chi connectivity index (χ1) is 23.4. The second kappa shape index (κ2) is 14.4. The summed E-state index contributed by atoms with van der Waals surface area (Å²) in [6.45, 7) is 3.17. The van der Waals surface area contributed by atoms with E-state index in [0.29, 0.717) is 40.2 Å². The summed E-state index contributed by atoms with van der Waals surface area (Å²) < 4.78 is 48.5. The van der Waals surface area contributed by atoms with Crippen molar-refractivity contribution in [3.8, 4) is 23.7 Å². The van der Waals surface area contributed by atoms with E-state index in [4.69, 9.17) is 33.9 Å². The van der Waals surface area contributed by atoms with Gasteiger partial charge in [0.15, 0.2) is 0 Å². The molecule has 2 aromatic carbocycles. The molecular weight excluding hydrogens is 723 g/mol. The van der Waals surface area contributed by atoms with Crippen molar-refractivity contribution in [2.24, 2.45) is 22.7 Å². The molecule has 4 unspecified atom stereocenters. The van der Waals surface area contributed by atoms with Gasteiger partial charge in [-0.3, -0.25) is 0 Å². The van der Waals surface area contributed by atoms with Crippen molar-refractivity contribution < 1.29 is 16.8 Å². The molecule has 252 valence electrons. The van der Waals surface area contributed by atoms with Crippen molar-refractivity contribution in [2.75, 3.05) is 26.2 Å². The van der Waals surface area contributed by atoms with Crippen LogP contribution in [0.25, 0.3) is 0 Å². The van der Waals surface area contributed by atoms with Crippen molar-refractivity contribution in [3.05, 3.63) is 119 Å². The predicted octanol–water partition coefficient (Wildman–Crippen LogP) is 6.11. The van der Waals surface area contributed by atoms with Crippen LogP contribution < -0.4 is 5.32 Å². The van der Waals surface area contributed by atoms with Crippen molar-refractivity contribution in [1.82, 2.24) is 19.6 Å². The summed E-state index contributed by atoms with van der Waals surface area (Å²) in [5, 5.41) is 4.15. The molecule has 8 rings (SSSR count). The van der Waals surface area contributed by atoms with Crippen molar-refractivity contribution in [3.63, 3.8) is 0 Å². The molecule has 2 aromatic heterocycles. The van der Waals surface area contributed by atoms with Gasteiger partial charge in [0, 0.05) is 58.2 Å². The zero-order valence-corrected chi connectivity index (χ0v) is 30.0. The number of nitrogens with one attached hydrogen (secondary N) is 1. The number of rotatable bonds is 3. The Morgan fingerprint density at radius 2 is 1.31 bits per heavy atom. The van der Waals surface area contributed by atoms with Crippen LogP contribution in [0.3, 0.4) is 0 Å². The number of nitrogens with zero attached hydrogens (tertiary/aromatic N) is 3. The number of sulfonamides is 1. The van der Waals surface area contributed by atoms with Gasteiger partial charge in [-0.25, -0.2) is 26.8 Å². The first-order valence-corrected chi connectivity index (χ1v) is 19.9. The Morgan fingerprint density at radius 3 is 1.80 bits per heavy atom. The second-order valence-corrected chi connectivity index (χ2v) is 17.7. The molecule has 0 spiro atoms. The molecule has 2 saturated heterocycles. The number of aromatic nitrogens is 2. The Labute approximate surface area is 301 Å². The topological polar surface area (TPSA) is 109 Å². The Balaban J connectivity index is 0.000000141. The van der Waals surface area contributed by atoms with Gasteiger partial charge in [0.25, 0.3) is 9.05 Å². The van der Waals surface area contributed by atoms with Gasteiger partial charge >= 0.3 is 0 Å². The zero-order valence-electron chi connectivity index (χ0n) is 26.1. The molecule has 2 aliphatic carbocycles. The minimum absolute atomic E-state index is 0.0201. The molecule has 0 bridgehead atoms. The fraction of sp³-hybridized carbons (Fsp3) is 0.278. The Hall–Kier alpha value is -3.45. The normalized spacial score (nSPS) is 24.6. The highest BCUT2D eigenvalue weighted by Gasteiger charge is 2.61. The molecule has 4 fully saturated rings. The first kappa shape index (κ1) is 35.4. The average molecular weight is 754 g/mol. The van der Waals surface area contributed by atoms with Crippen LogP contribution in [0.2, 0.25) is 10.0 Å². The Morgan fingerprint density at radius 1 is 0.735 bits per heavy atom. The predicted molar refractivity (Wildman–Crippen MR) is 191 cm³/mol. The van der Waals surface area contributed by atoms with Gasteiger partial charge in [-0.15, -0.1) is 0 Å². The van der Waals surface area contributed by atoms with Gasteiger partial charge in [-0.1, -0.05) is 59.3 Å². The van der Waals surface area contributed by atoms with Crippen LogP contribution >= 0.6 is 33.9 Å². The lowest BCUT2D eigenvalue weighted by Crippen LogP contribution is -2.31. The van der Waals surface area contributed by atoms with Crippen LogP contribution in [0.4, 0.5) is 0 Å². The fourth-order valence-electron chi connectivity index (χ4n) is 5.99. The number of pyridine rings is 2. The number of fused-ring (bicyclic) bond motifs is 2. The van der Waals surface area contributed by atoms with E-state index in [2.05, 4.69) is 39.0 Å². The van der Waals surface area contributed by atoms with Crippen molar-refractivity contribution >= 4 is 53.0 Å². The third-order valence-corrected chi connectivity index (χ3v) is 12.5. The highest BCUT2D eigenvalue weighted by molar-refractivity contribution is 8.13. The average Bonchev–Trinajstić information content (AvgIpc) is 3.87. The highest BCUT2D eigenvalue weighted by atomic mass is 35.7. The van der Waals surface area contributed by atoms with E-state index in [9.17, 15) is 16.8 Å². The summed E-state index contributed by atoms with van der Waals surface area (Å²) in [7, 11) is -2.11. The van der Waals surface area contributed by atoms with Gasteiger partial charge in [0.1, 0.15) is 11.4 Å². The lowest BCUT2D eigenvalue weighted by Gasteiger charge is -2.19. The van der Waals surface area contributed by atoms with E-state index < -0.39 is 19.1 Å². The first-order valence-electron chi connectivity index (χ1n) is 15.4. The Kier molecular flexibility index (Phi) is 10.4. The third-order valence-electron chi connectivity index (χ3n) is 8.90. The van der Waals surface area contributed by atoms with E-state index in [1.807, 2.05) is 36.4 Å². The smallest absolute Gasteiger partial charge is 0.261 e. The van der Waals surface area contributed by atoms with E-state index in [0.717, 1.165) is 31.1 Å². The molecule has 0 radical (unpaired) electrons. The van der Waals surface area contributed by atoms with Gasteiger partial charge in [0.2, 0.25) is 10.0 Å². The van der Waals surface area contributed by atoms with Crippen molar-refractivity contribution in [1.29, 1.82) is 0 Å². The minimum Gasteiger partial charge on any atom is -0.315 e. The molecule has 13 heteroatoms. The molecule has 2 aliphatic heterocycles. The number of hydrogen-bond acceptors (Lipinski definition) is 7. The molecule has 8 nitrogen and oxygen atoms in total. The minimum atomic E-state index is -3.64. The van der Waals surface area contributed by atoms with Crippen LogP contribution in [-0.4, -0.2) is 57.3 Å². The van der Waals surface area contributed by atoms with E-state index >= 15 is 0 Å². The van der Waals surface area contributed by atoms with Crippen LogP contribution in [0, 0.1) is 46.3 Å². The number of piperidine rings is 2. The number of benzene rings is 2. The lowest BCUT2D eigenvalue weighted by molar-refractivity contribution is 0.430. The maximum absolute atomic E-state index is 12.8. The summed E-state index contributed by atoms with van der Waals surface area (Å²) in [5.41, 5.74) is 1.69. The van der Waals surface area contributed by atoms with Gasteiger partial charge in [-0.05, 0) is 104 Å². The molecule has 1 N–H and O–H groups in total. The van der Waals surface area contributed by atoms with Gasteiger partial charge in [0.05, 0.1) is 15.2 Å². The quantitative estimate of drug-likeness (QED) is 0.199. The SMILES string of the molecule is C(#CC12CNCC1C2)c1ccccn1.O=S(=O)(Cl)c1cccc(Cl)c1.O=S(=O)(c1cccc(Cl)c1)N1CC2CC2(C#Cc2ccccn2)C1. The highest BCUT2D eigenvalue weighted by Crippen LogP contribution is 2.58. The standard InChI is InChI=1S/C18H15ClN2O2S.C12H12N2.C6H4Cl2O2S/c19-15-4-3-6-17(10-15)24(22,23)21-12-14-11-18(14,13-21)8-7-16-5-1-2-9-20-16;1-2-6-14-11(3-1)4-5-12-7-10(12)8-13-9-12;7-5-2-1-3-6(4-5)11(8,9)10/h1-6,9-10,14H,11-13H2;1-3,6,10,13H,7-9H2;1-4H. The fourth-order valence-corrected chi connectivity index (χ4v) is 8.90. The maximum Gasteiger partial charge on any atom is 0.261 e. The summed E-state index contributed by atoms with van der Waals surface area (Å²) in [5.74, 6) is 14.0. The van der Waals surface area contributed by atoms with E-state index in [1.54, 1.807) is 36.7 Å². The van der Waals surface area contributed by atoms with Crippen LogP contribution in [0.1, 0.15) is 24.2 Å². The zero-order chi connectivity index (χ0) is 34.7. The van der Waals surface area contributed by atoms with Gasteiger partial charge in [-0.2, -0.15) is 4.31 Å². The van der Waals surface area contributed by atoms with Crippen LogP contribution in [0.15, 0.2) is 107 Å². The Bertz CT molecular complexity index is 2190. The molecular formula is C36H31Cl3N4O4S2. The summed E-state index contributed by atoms with van der Waals surface area (Å²) >= 11 is 11.5. The molecule has 4 aromatic rings. The monoisotopic (exact) mass is 752 g/mol.